The predicted octanol–water partition coefficient (Wildman–Crippen LogP) is 4.90. The lowest BCUT2D eigenvalue weighted by Gasteiger charge is -2.28. The number of nitrogens with one attached hydrogen (secondary N) is 2. The number of methoxy groups -OCH3 is 3. The number of halogens is 2. The zero-order valence-electron chi connectivity index (χ0n) is 22.3. The Morgan fingerprint density at radius 2 is 1.68 bits per heavy atom. The van der Waals surface area contributed by atoms with Crippen molar-refractivity contribution >= 4 is 23.2 Å². The topological polar surface area (TPSA) is 119 Å². The van der Waals surface area contributed by atoms with Crippen molar-refractivity contribution in [1.82, 2.24) is 15.6 Å². The Kier molecular flexibility index (Phi) is 9.08. The third-order valence-corrected chi connectivity index (χ3v) is 7.67. The molecule has 0 bridgehead atoms. The first-order valence-electron chi connectivity index (χ1n) is 12.7. The van der Waals surface area contributed by atoms with Gasteiger partial charge in [-0.1, -0.05) is 12.1 Å². The van der Waals surface area contributed by atoms with Gasteiger partial charge >= 0.3 is 0 Å². The van der Waals surface area contributed by atoms with Crippen LogP contribution in [0.25, 0.3) is 0 Å². The highest BCUT2D eigenvalue weighted by Gasteiger charge is 2.35. The number of hydrogen-bond acceptors (Lipinski definition) is 8. The normalized spacial score (nSPS) is 15.6. The minimum Gasteiger partial charge on any atom is -0.508 e. The number of amides is 2. The predicted molar refractivity (Wildman–Crippen MR) is 145 cm³/mol. The first-order valence-corrected chi connectivity index (χ1v) is 13.5. The van der Waals surface area contributed by atoms with Crippen molar-refractivity contribution in [3.05, 3.63) is 63.6 Å². The number of nitrogens with zero attached hydrogens (tertiary/aromatic N) is 1. The second-order valence-electron chi connectivity index (χ2n) is 9.49. The molecule has 1 aliphatic rings. The highest BCUT2D eigenvalue weighted by molar-refractivity contribution is 7.09. The first-order chi connectivity index (χ1) is 19.1. The molecule has 1 unspecified atom stereocenters. The molecule has 1 atom stereocenters. The third kappa shape index (κ3) is 6.98. The van der Waals surface area contributed by atoms with Crippen LogP contribution in [-0.2, 0) is 6.42 Å². The second kappa shape index (κ2) is 12.5. The number of thiazole rings is 1. The van der Waals surface area contributed by atoms with Crippen molar-refractivity contribution in [1.29, 1.82) is 0 Å². The van der Waals surface area contributed by atoms with E-state index in [1.54, 1.807) is 29.6 Å². The number of carbonyl (C=O) groups is 2. The summed E-state index contributed by atoms with van der Waals surface area (Å²) in [6.07, 6.45) is 0.195. The summed E-state index contributed by atoms with van der Waals surface area (Å²) in [7, 11) is 4.37. The Hall–Kier alpha value is -3.93. The van der Waals surface area contributed by atoms with Crippen LogP contribution in [0.1, 0.15) is 63.1 Å². The molecule has 9 nitrogen and oxygen atoms in total. The maximum atomic E-state index is 13.5. The van der Waals surface area contributed by atoms with Crippen molar-refractivity contribution in [3.8, 4) is 23.0 Å². The number of aromatic nitrogens is 1. The summed E-state index contributed by atoms with van der Waals surface area (Å²) in [6.45, 7) is 0. The number of phenols is 1. The lowest BCUT2D eigenvalue weighted by molar-refractivity contribution is -0.0399. The van der Waals surface area contributed by atoms with Gasteiger partial charge in [-0.15, -0.1) is 11.3 Å². The number of carbonyl (C=O) groups excluding carboxylic acids is 2. The Bertz CT molecular complexity index is 1310. The van der Waals surface area contributed by atoms with Gasteiger partial charge in [0.1, 0.15) is 16.5 Å². The van der Waals surface area contributed by atoms with Gasteiger partial charge in [-0.25, -0.2) is 13.8 Å². The van der Waals surface area contributed by atoms with E-state index in [2.05, 4.69) is 15.6 Å². The molecule has 40 heavy (non-hydrogen) atoms. The van der Waals surface area contributed by atoms with E-state index in [0.717, 1.165) is 5.56 Å². The van der Waals surface area contributed by atoms with Crippen molar-refractivity contribution in [2.75, 3.05) is 21.3 Å². The molecule has 1 heterocycles. The Labute approximate surface area is 234 Å². The molecular formula is C28H31F2N3O6S. The number of benzene rings is 2. The Balaban J connectivity index is 1.56. The van der Waals surface area contributed by atoms with Crippen LogP contribution in [0.15, 0.2) is 41.8 Å². The van der Waals surface area contributed by atoms with Gasteiger partial charge in [0, 0.05) is 29.8 Å². The number of phenolic OH excluding ortho intramolecular Hbond substituents is 1. The highest BCUT2D eigenvalue weighted by atomic mass is 32.1. The van der Waals surface area contributed by atoms with Gasteiger partial charge in [-0.05, 0) is 49.1 Å². The average molecular weight is 576 g/mol. The zero-order chi connectivity index (χ0) is 28.9. The maximum absolute atomic E-state index is 13.5. The number of hydrogen-bond donors (Lipinski definition) is 3. The Morgan fingerprint density at radius 1 is 1.05 bits per heavy atom. The summed E-state index contributed by atoms with van der Waals surface area (Å²) in [6, 6.07) is 8.64. The summed E-state index contributed by atoms with van der Waals surface area (Å²) >= 11 is 1.20. The van der Waals surface area contributed by atoms with E-state index in [-0.39, 0.29) is 48.7 Å². The molecule has 0 aliphatic heterocycles. The first kappa shape index (κ1) is 29.1. The minimum atomic E-state index is -2.69. The molecule has 0 saturated heterocycles. The minimum absolute atomic E-state index is 0.107. The van der Waals surface area contributed by atoms with Gasteiger partial charge in [0.2, 0.25) is 11.7 Å². The summed E-state index contributed by atoms with van der Waals surface area (Å²) in [5.74, 6) is -2.49. The largest absolute Gasteiger partial charge is 0.508 e. The molecule has 2 amide bonds. The second-order valence-corrected chi connectivity index (χ2v) is 10.4. The van der Waals surface area contributed by atoms with Crippen LogP contribution in [0.2, 0.25) is 0 Å². The lowest BCUT2D eigenvalue weighted by atomic mass is 9.92. The number of aromatic hydroxyl groups is 1. The monoisotopic (exact) mass is 575 g/mol. The van der Waals surface area contributed by atoms with Crippen LogP contribution >= 0.6 is 11.3 Å². The fraction of sp³-hybridized carbons (Fsp3) is 0.393. The highest BCUT2D eigenvalue weighted by Crippen LogP contribution is 2.38. The van der Waals surface area contributed by atoms with E-state index in [1.165, 1.54) is 44.8 Å². The molecule has 2 aromatic carbocycles. The summed E-state index contributed by atoms with van der Waals surface area (Å²) < 4.78 is 43.0. The van der Waals surface area contributed by atoms with Crippen LogP contribution in [0.5, 0.6) is 23.0 Å². The van der Waals surface area contributed by atoms with E-state index in [9.17, 15) is 23.5 Å². The summed E-state index contributed by atoms with van der Waals surface area (Å²) in [5, 5.41) is 17.5. The van der Waals surface area contributed by atoms with Gasteiger partial charge in [0.15, 0.2) is 11.5 Å². The van der Waals surface area contributed by atoms with E-state index in [4.69, 9.17) is 14.2 Å². The van der Waals surface area contributed by atoms with Crippen LogP contribution in [0.4, 0.5) is 8.78 Å². The third-order valence-electron chi connectivity index (χ3n) is 6.71. The zero-order valence-corrected chi connectivity index (χ0v) is 23.1. The molecule has 1 aromatic heterocycles. The van der Waals surface area contributed by atoms with Crippen LogP contribution in [0.3, 0.4) is 0 Å². The van der Waals surface area contributed by atoms with Crippen molar-refractivity contribution in [3.63, 3.8) is 0 Å². The van der Waals surface area contributed by atoms with Gasteiger partial charge in [0.25, 0.3) is 11.8 Å². The van der Waals surface area contributed by atoms with Crippen LogP contribution < -0.4 is 24.8 Å². The van der Waals surface area contributed by atoms with E-state index in [1.807, 2.05) is 0 Å². The van der Waals surface area contributed by atoms with Gasteiger partial charge in [-0.2, -0.15) is 0 Å². The lowest BCUT2D eigenvalue weighted by Crippen LogP contribution is -2.40. The van der Waals surface area contributed by atoms with Crippen LogP contribution in [-0.4, -0.2) is 55.2 Å². The van der Waals surface area contributed by atoms with Crippen molar-refractivity contribution < 1.29 is 37.7 Å². The maximum Gasteiger partial charge on any atom is 0.270 e. The molecular weight excluding hydrogens is 544 g/mol. The molecule has 12 heteroatoms. The number of ether oxygens (including phenoxy) is 3. The molecule has 3 N–H and O–H groups in total. The Morgan fingerprint density at radius 3 is 2.25 bits per heavy atom. The SMILES string of the molecule is COc1cc(C(=O)NC(Cc2ccc(O)cc2)c2nc(C(=O)NC3CCC(F)(F)CC3)cs2)cc(OC)c1OC. The standard InChI is InChI=1S/C28H31F2N3O6S/c1-37-22-13-17(14-23(38-2)24(22)39-3)25(35)32-20(12-16-4-6-19(34)7-5-16)27-33-21(15-40-27)26(36)31-18-8-10-28(29,30)11-9-18/h4-7,13-15,18,20,34H,8-12H2,1-3H3,(H,31,36)(H,32,35). The quantitative estimate of drug-likeness (QED) is 0.315. The summed E-state index contributed by atoms with van der Waals surface area (Å²) in [4.78, 5) is 30.7. The van der Waals surface area contributed by atoms with E-state index in [0.29, 0.717) is 28.7 Å². The van der Waals surface area contributed by atoms with E-state index >= 15 is 0 Å². The fourth-order valence-electron chi connectivity index (χ4n) is 4.52. The fourth-order valence-corrected chi connectivity index (χ4v) is 5.37. The van der Waals surface area contributed by atoms with Gasteiger partial charge < -0.3 is 30.0 Å². The molecule has 214 valence electrons. The van der Waals surface area contributed by atoms with Gasteiger partial charge in [-0.3, -0.25) is 9.59 Å². The average Bonchev–Trinajstić information content (AvgIpc) is 3.44. The molecule has 1 fully saturated rings. The molecule has 4 rings (SSSR count). The van der Waals surface area contributed by atoms with E-state index < -0.39 is 23.8 Å². The number of alkyl halides is 2. The molecule has 3 aromatic rings. The van der Waals surface area contributed by atoms with Crippen molar-refractivity contribution in [2.45, 2.75) is 50.1 Å². The molecule has 0 radical (unpaired) electrons. The summed E-state index contributed by atoms with van der Waals surface area (Å²) in [5.41, 5.74) is 1.22. The molecule has 0 spiro atoms. The number of rotatable bonds is 10. The van der Waals surface area contributed by atoms with Gasteiger partial charge in [0.05, 0.1) is 27.4 Å². The molecule has 1 aliphatic carbocycles. The molecule has 1 saturated carbocycles. The van der Waals surface area contributed by atoms with Crippen LogP contribution in [0, 0.1) is 0 Å². The van der Waals surface area contributed by atoms with Crippen molar-refractivity contribution in [2.24, 2.45) is 0 Å². The smallest absolute Gasteiger partial charge is 0.270 e.